The van der Waals surface area contributed by atoms with Crippen LogP contribution in [0.15, 0.2) is 0 Å². The van der Waals surface area contributed by atoms with Gasteiger partial charge < -0.3 is 10.4 Å². The van der Waals surface area contributed by atoms with Gasteiger partial charge in [-0.25, -0.2) is 0 Å². The van der Waals surface area contributed by atoms with Crippen LogP contribution in [0.5, 0.6) is 0 Å². The summed E-state index contributed by atoms with van der Waals surface area (Å²) in [6.45, 7) is 7.04. The van der Waals surface area contributed by atoms with E-state index >= 15 is 0 Å². The first-order chi connectivity index (χ1) is 8.78. The van der Waals surface area contributed by atoms with Crippen molar-refractivity contribution in [1.82, 2.24) is 10.2 Å². The second-order valence-corrected chi connectivity index (χ2v) is 6.40. The van der Waals surface area contributed by atoms with Gasteiger partial charge in [0.2, 0.25) is 0 Å². The van der Waals surface area contributed by atoms with E-state index in [1.165, 1.54) is 51.6 Å². The minimum absolute atomic E-state index is 0.301. The van der Waals surface area contributed by atoms with E-state index in [2.05, 4.69) is 17.1 Å². The van der Waals surface area contributed by atoms with Crippen molar-refractivity contribution in [3.63, 3.8) is 0 Å². The Labute approximate surface area is 112 Å². The second kappa shape index (κ2) is 7.46. The highest BCUT2D eigenvalue weighted by Crippen LogP contribution is 2.28. The highest BCUT2D eigenvalue weighted by molar-refractivity contribution is 4.80. The van der Waals surface area contributed by atoms with Crippen molar-refractivity contribution in [2.24, 2.45) is 11.8 Å². The van der Waals surface area contributed by atoms with Crippen LogP contribution in [0.25, 0.3) is 0 Å². The van der Waals surface area contributed by atoms with E-state index in [9.17, 15) is 5.11 Å². The van der Waals surface area contributed by atoms with Gasteiger partial charge in [-0.15, -0.1) is 0 Å². The van der Waals surface area contributed by atoms with Gasteiger partial charge in [0.15, 0.2) is 0 Å². The molecule has 3 heteroatoms. The lowest BCUT2D eigenvalue weighted by Gasteiger charge is -2.32. The van der Waals surface area contributed by atoms with Gasteiger partial charge in [-0.3, -0.25) is 4.90 Å². The summed E-state index contributed by atoms with van der Waals surface area (Å²) in [6, 6.07) is 0.666. The Hall–Kier alpha value is -0.120. The van der Waals surface area contributed by atoms with Crippen molar-refractivity contribution in [3.05, 3.63) is 0 Å². The second-order valence-electron chi connectivity index (χ2n) is 6.40. The topological polar surface area (TPSA) is 35.5 Å². The van der Waals surface area contributed by atoms with Crippen molar-refractivity contribution in [2.75, 3.05) is 32.8 Å². The molecule has 0 amide bonds. The lowest BCUT2D eigenvalue weighted by Crippen LogP contribution is -2.41. The molecule has 1 heterocycles. The molecule has 106 valence electrons. The number of nitrogens with one attached hydrogen (secondary N) is 1. The van der Waals surface area contributed by atoms with Crippen LogP contribution in [0.1, 0.15) is 45.4 Å². The quantitative estimate of drug-likeness (QED) is 0.759. The summed E-state index contributed by atoms with van der Waals surface area (Å²) >= 11 is 0. The normalized spacial score (nSPS) is 33.2. The van der Waals surface area contributed by atoms with Crippen LogP contribution in [0, 0.1) is 11.8 Å². The van der Waals surface area contributed by atoms with Crippen LogP contribution in [-0.4, -0.2) is 48.8 Å². The van der Waals surface area contributed by atoms with Crippen LogP contribution in [0.4, 0.5) is 0 Å². The molecule has 2 aliphatic rings. The van der Waals surface area contributed by atoms with E-state index in [1.54, 1.807) is 0 Å². The Morgan fingerprint density at radius 1 is 1.11 bits per heavy atom. The monoisotopic (exact) mass is 254 g/mol. The first-order valence-corrected chi connectivity index (χ1v) is 7.84. The molecule has 1 aliphatic heterocycles. The molecular weight excluding hydrogens is 224 g/mol. The molecule has 18 heavy (non-hydrogen) atoms. The molecule has 0 aromatic carbocycles. The Bertz CT molecular complexity index is 221. The minimum Gasteiger partial charge on any atom is -0.395 e. The third kappa shape index (κ3) is 4.52. The van der Waals surface area contributed by atoms with Gasteiger partial charge in [-0.2, -0.15) is 0 Å². The fourth-order valence-electron chi connectivity index (χ4n) is 3.50. The van der Waals surface area contributed by atoms with E-state index in [4.69, 9.17) is 0 Å². The molecular formula is C15H30N2O. The summed E-state index contributed by atoms with van der Waals surface area (Å²) in [5.74, 6) is 1.80. The highest BCUT2D eigenvalue weighted by Gasteiger charge is 2.23. The maximum atomic E-state index is 9.22. The average molecular weight is 254 g/mol. The molecule has 0 radical (unpaired) electrons. The molecule has 1 unspecified atom stereocenters. The predicted octanol–water partition coefficient (Wildman–Crippen LogP) is 1.86. The van der Waals surface area contributed by atoms with Crippen LogP contribution < -0.4 is 5.32 Å². The number of aliphatic hydroxyl groups excluding tert-OH is 1. The van der Waals surface area contributed by atoms with Gasteiger partial charge in [0.25, 0.3) is 0 Å². The van der Waals surface area contributed by atoms with Gasteiger partial charge in [-0.05, 0) is 44.1 Å². The van der Waals surface area contributed by atoms with Crippen molar-refractivity contribution in [3.8, 4) is 0 Å². The van der Waals surface area contributed by atoms with Crippen molar-refractivity contribution in [1.29, 1.82) is 0 Å². The van der Waals surface area contributed by atoms with E-state index < -0.39 is 0 Å². The number of hydrogen-bond acceptors (Lipinski definition) is 3. The summed E-state index contributed by atoms with van der Waals surface area (Å²) in [4.78, 5) is 2.49. The molecule has 0 spiro atoms. The van der Waals surface area contributed by atoms with E-state index in [0.717, 1.165) is 24.9 Å². The Balaban J connectivity index is 1.74. The standard InChI is InChI=1S/C15H30N2O/c1-13-4-6-14(7-5-13)11-17(9-10-18)12-15-3-2-8-16-15/h13-16,18H,2-12H2,1H3. The maximum Gasteiger partial charge on any atom is 0.0558 e. The summed E-state index contributed by atoms with van der Waals surface area (Å²) < 4.78 is 0. The first kappa shape index (κ1) is 14.3. The van der Waals surface area contributed by atoms with E-state index in [1.807, 2.05) is 0 Å². The summed E-state index contributed by atoms with van der Waals surface area (Å²) in [6.07, 6.45) is 8.21. The molecule has 3 nitrogen and oxygen atoms in total. The zero-order valence-electron chi connectivity index (χ0n) is 11.9. The average Bonchev–Trinajstić information content (AvgIpc) is 2.85. The summed E-state index contributed by atoms with van der Waals surface area (Å²) in [7, 11) is 0. The van der Waals surface area contributed by atoms with Gasteiger partial charge in [0, 0.05) is 25.7 Å². The van der Waals surface area contributed by atoms with Crippen molar-refractivity contribution in [2.45, 2.75) is 51.5 Å². The molecule has 1 aliphatic carbocycles. The van der Waals surface area contributed by atoms with Gasteiger partial charge in [0.05, 0.1) is 6.61 Å². The SMILES string of the molecule is CC1CCC(CN(CCO)CC2CCCN2)CC1. The predicted molar refractivity (Wildman–Crippen MR) is 75.7 cm³/mol. The summed E-state index contributed by atoms with van der Waals surface area (Å²) in [5.41, 5.74) is 0. The maximum absolute atomic E-state index is 9.22. The van der Waals surface area contributed by atoms with Crippen molar-refractivity contribution >= 4 is 0 Å². The van der Waals surface area contributed by atoms with Gasteiger partial charge >= 0.3 is 0 Å². The molecule has 2 N–H and O–H groups in total. The minimum atomic E-state index is 0.301. The lowest BCUT2D eigenvalue weighted by atomic mass is 9.83. The van der Waals surface area contributed by atoms with Crippen LogP contribution in [0.3, 0.4) is 0 Å². The molecule has 1 saturated carbocycles. The fraction of sp³-hybridized carbons (Fsp3) is 1.00. The van der Waals surface area contributed by atoms with Crippen LogP contribution in [-0.2, 0) is 0 Å². The third-order valence-corrected chi connectivity index (χ3v) is 4.71. The van der Waals surface area contributed by atoms with E-state index in [-0.39, 0.29) is 0 Å². The third-order valence-electron chi connectivity index (χ3n) is 4.71. The largest absolute Gasteiger partial charge is 0.395 e. The highest BCUT2D eigenvalue weighted by atomic mass is 16.3. The van der Waals surface area contributed by atoms with Gasteiger partial charge in [0.1, 0.15) is 0 Å². The fourth-order valence-corrected chi connectivity index (χ4v) is 3.50. The number of hydrogen-bond donors (Lipinski definition) is 2. The Morgan fingerprint density at radius 3 is 2.50 bits per heavy atom. The number of rotatable bonds is 6. The molecule has 0 aromatic heterocycles. The zero-order chi connectivity index (χ0) is 12.8. The van der Waals surface area contributed by atoms with Crippen LogP contribution in [0.2, 0.25) is 0 Å². The Morgan fingerprint density at radius 2 is 1.89 bits per heavy atom. The summed E-state index contributed by atoms with van der Waals surface area (Å²) in [5, 5.41) is 12.8. The lowest BCUT2D eigenvalue weighted by molar-refractivity contribution is 0.143. The zero-order valence-corrected chi connectivity index (χ0v) is 11.9. The smallest absolute Gasteiger partial charge is 0.0558 e. The van der Waals surface area contributed by atoms with Crippen LogP contribution >= 0.6 is 0 Å². The van der Waals surface area contributed by atoms with Gasteiger partial charge in [-0.1, -0.05) is 19.8 Å². The number of aliphatic hydroxyl groups is 1. The van der Waals surface area contributed by atoms with Crippen molar-refractivity contribution < 1.29 is 5.11 Å². The Kier molecular flexibility index (Phi) is 5.93. The van der Waals surface area contributed by atoms with E-state index in [0.29, 0.717) is 12.6 Å². The number of nitrogens with zero attached hydrogens (tertiary/aromatic N) is 1. The molecule has 0 bridgehead atoms. The molecule has 1 atom stereocenters. The molecule has 1 saturated heterocycles. The first-order valence-electron chi connectivity index (χ1n) is 7.84. The molecule has 2 fully saturated rings. The molecule has 0 aromatic rings. The molecule has 2 rings (SSSR count).